The fourth-order valence-corrected chi connectivity index (χ4v) is 3.16. The van der Waals surface area contributed by atoms with Gasteiger partial charge in [0.25, 0.3) is 0 Å². The summed E-state index contributed by atoms with van der Waals surface area (Å²) in [6.07, 6.45) is 1.86. The number of nitrogens with zero attached hydrogens (tertiary/aromatic N) is 4. The first-order chi connectivity index (χ1) is 9.17. The minimum atomic E-state index is -2.89. The van der Waals surface area contributed by atoms with Crippen LogP contribution in [-0.4, -0.2) is 58.5 Å². The summed E-state index contributed by atoms with van der Waals surface area (Å²) in [5.74, 6) is 0.896. The standard InChI is InChI=1S/C11H23N5O2S2/c1-11(2,3)12-6-7-16-10(13-14-15-16)19-8-5-9-20(4,17)18/h12H,5-9H2,1-4H3. The van der Waals surface area contributed by atoms with Gasteiger partial charge in [-0.05, 0) is 37.6 Å². The van der Waals surface area contributed by atoms with Crippen LogP contribution in [0.4, 0.5) is 0 Å². The third-order valence-electron chi connectivity index (χ3n) is 2.37. The lowest BCUT2D eigenvalue weighted by atomic mass is 10.1. The first-order valence-corrected chi connectivity index (χ1v) is 9.54. The van der Waals surface area contributed by atoms with E-state index in [1.807, 2.05) is 0 Å². The first-order valence-electron chi connectivity index (χ1n) is 6.49. The number of thioether (sulfide) groups is 1. The maximum Gasteiger partial charge on any atom is 0.209 e. The molecule has 0 saturated heterocycles. The number of sulfone groups is 1. The third-order valence-corrected chi connectivity index (χ3v) is 4.44. The van der Waals surface area contributed by atoms with Crippen LogP contribution in [0.2, 0.25) is 0 Å². The van der Waals surface area contributed by atoms with E-state index >= 15 is 0 Å². The summed E-state index contributed by atoms with van der Waals surface area (Å²) in [4.78, 5) is 0. The zero-order chi connectivity index (χ0) is 15.2. The number of hydrogen-bond acceptors (Lipinski definition) is 7. The summed E-state index contributed by atoms with van der Waals surface area (Å²) in [5.41, 5.74) is 0.0663. The molecule has 1 N–H and O–H groups in total. The molecule has 0 bridgehead atoms. The molecule has 0 aliphatic carbocycles. The van der Waals surface area contributed by atoms with Crippen LogP contribution in [0.3, 0.4) is 0 Å². The molecule has 0 amide bonds. The lowest BCUT2D eigenvalue weighted by Gasteiger charge is -2.20. The molecule has 0 unspecified atom stereocenters. The Bertz CT molecular complexity index is 507. The highest BCUT2D eigenvalue weighted by atomic mass is 32.2. The van der Waals surface area contributed by atoms with E-state index < -0.39 is 9.84 Å². The highest BCUT2D eigenvalue weighted by molar-refractivity contribution is 7.99. The molecule has 116 valence electrons. The number of tetrazole rings is 1. The number of hydrogen-bond donors (Lipinski definition) is 1. The van der Waals surface area contributed by atoms with Gasteiger partial charge in [0.1, 0.15) is 9.84 Å². The SMILES string of the molecule is CC(C)(C)NCCn1nnnc1SCCCS(C)(=O)=O. The fourth-order valence-electron chi connectivity index (χ4n) is 1.46. The second-order valence-electron chi connectivity index (χ2n) is 5.69. The fraction of sp³-hybridized carbons (Fsp3) is 0.909. The Morgan fingerprint density at radius 2 is 2.05 bits per heavy atom. The van der Waals surface area contributed by atoms with Crippen LogP contribution in [-0.2, 0) is 16.4 Å². The Morgan fingerprint density at radius 3 is 2.65 bits per heavy atom. The van der Waals surface area contributed by atoms with Crippen molar-refractivity contribution in [3.05, 3.63) is 0 Å². The molecule has 20 heavy (non-hydrogen) atoms. The highest BCUT2D eigenvalue weighted by Crippen LogP contribution is 2.14. The molecule has 0 spiro atoms. The van der Waals surface area contributed by atoms with Crippen molar-refractivity contribution in [3.8, 4) is 0 Å². The van der Waals surface area contributed by atoms with E-state index in [1.54, 1.807) is 4.68 Å². The topological polar surface area (TPSA) is 89.8 Å². The summed E-state index contributed by atoms with van der Waals surface area (Å²) < 4.78 is 23.8. The van der Waals surface area contributed by atoms with Gasteiger partial charge < -0.3 is 5.32 Å². The summed E-state index contributed by atoms with van der Waals surface area (Å²) in [6.45, 7) is 7.79. The van der Waals surface area contributed by atoms with E-state index in [-0.39, 0.29) is 11.3 Å². The minimum absolute atomic E-state index is 0.0663. The molecule has 7 nitrogen and oxygen atoms in total. The molecule has 0 atom stereocenters. The Hall–Kier alpha value is -0.670. The molecule has 0 saturated carbocycles. The molecule has 0 aliphatic rings. The van der Waals surface area contributed by atoms with Crippen LogP contribution in [0.1, 0.15) is 27.2 Å². The Balaban J connectivity index is 2.35. The Labute approximate surface area is 124 Å². The molecule has 0 aromatic carbocycles. The molecule has 0 fully saturated rings. The van der Waals surface area contributed by atoms with Gasteiger partial charge in [-0.2, -0.15) is 0 Å². The van der Waals surface area contributed by atoms with Crippen molar-refractivity contribution in [2.75, 3.05) is 24.3 Å². The van der Waals surface area contributed by atoms with Crippen molar-refractivity contribution in [1.29, 1.82) is 0 Å². The Kier molecular flexibility index (Phi) is 6.41. The summed E-state index contributed by atoms with van der Waals surface area (Å²) in [7, 11) is -2.89. The average Bonchev–Trinajstić information content (AvgIpc) is 2.69. The highest BCUT2D eigenvalue weighted by Gasteiger charge is 2.11. The largest absolute Gasteiger partial charge is 0.310 e. The van der Waals surface area contributed by atoms with Crippen molar-refractivity contribution in [2.24, 2.45) is 0 Å². The van der Waals surface area contributed by atoms with Crippen molar-refractivity contribution in [1.82, 2.24) is 25.5 Å². The van der Waals surface area contributed by atoms with Crippen LogP contribution in [0.25, 0.3) is 0 Å². The van der Waals surface area contributed by atoms with Crippen LogP contribution in [0, 0.1) is 0 Å². The van der Waals surface area contributed by atoms with E-state index in [9.17, 15) is 8.42 Å². The summed E-state index contributed by atoms with van der Waals surface area (Å²) in [6, 6.07) is 0. The van der Waals surface area contributed by atoms with Gasteiger partial charge in [-0.1, -0.05) is 11.8 Å². The van der Waals surface area contributed by atoms with Crippen LogP contribution in [0.15, 0.2) is 5.16 Å². The third kappa shape index (κ3) is 7.81. The molecular weight excluding hydrogens is 298 g/mol. The van der Waals surface area contributed by atoms with Crippen LogP contribution in [0.5, 0.6) is 0 Å². The van der Waals surface area contributed by atoms with Gasteiger partial charge in [-0.15, -0.1) is 5.10 Å². The van der Waals surface area contributed by atoms with E-state index in [1.165, 1.54) is 18.0 Å². The van der Waals surface area contributed by atoms with E-state index in [4.69, 9.17) is 0 Å². The minimum Gasteiger partial charge on any atom is -0.310 e. The zero-order valence-electron chi connectivity index (χ0n) is 12.5. The van der Waals surface area contributed by atoms with Crippen LogP contribution < -0.4 is 5.32 Å². The van der Waals surface area contributed by atoms with Gasteiger partial charge in [0, 0.05) is 24.1 Å². The van der Waals surface area contributed by atoms with Gasteiger partial charge in [-0.3, -0.25) is 0 Å². The maximum absolute atomic E-state index is 11.0. The Morgan fingerprint density at radius 1 is 1.35 bits per heavy atom. The molecule has 1 rings (SSSR count). The maximum atomic E-state index is 11.0. The van der Waals surface area contributed by atoms with Gasteiger partial charge in [0.05, 0.1) is 12.3 Å². The lowest BCUT2D eigenvalue weighted by molar-refractivity contribution is 0.396. The van der Waals surface area contributed by atoms with E-state index in [0.717, 1.165) is 11.7 Å². The van der Waals surface area contributed by atoms with E-state index in [2.05, 4.69) is 41.6 Å². The quantitative estimate of drug-likeness (QED) is 0.553. The van der Waals surface area contributed by atoms with E-state index in [0.29, 0.717) is 18.7 Å². The van der Waals surface area contributed by atoms with Crippen molar-refractivity contribution < 1.29 is 8.42 Å². The normalized spacial score (nSPS) is 12.8. The van der Waals surface area contributed by atoms with Crippen LogP contribution >= 0.6 is 11.8 Å². The predicted octanol–water partition coefficient (Wildman–Crippen LogP) is 0.588. The first kappa shape index (κ1) is 17.4. The van der Waals surface area contributed by atoms with Gasteiger partial charge in [-0.25, -0.2) is 13.1 Å². The molecule has 0 radical (unpaired) electrons. The van der Waals surface area contributed by atoms with Gasteiger partial charge in [0.15, 0.2) is 0 Å². The van der Waals surface area contributed by atoms with Crippen molar-refractivity contribution >= 4 is 21.6 Å². The lowest BCUT2D eigenvalue weighted by Crippen LogP contribution is -2.38. The molecule has 1 aromatic heterocycles. The molecule has 9 heteroatoms. The monoisotopic (exact) mass is 321 g/mol. The number of rotatable bonds is 8. The van der Waals surface area contributed by atoms with Gasteiger partial charge in [0.2, 0.25) is 5.16 Å². The van der Waals surface area contributed by atoms with Crippen molar-refractivity contribution in [3.63, 3.8) is 0 Å². The second-order valence-corrected chi connectivity index (χ2v) is 9.02. The van der Waals surface area contributed by atoms with Crippen molar-refractivity contribution in [2.45, 2.75) is 44.4 Å². The molecule has 0 aliphatic heterocycles. The second kappa shape index (κ2) is 7.37. The summed E-state index contributed by atoms with van der Waals surface area (Å²) in [5, 5.41) is 15.7. The van der Waals surface area contributed by atoms with Gasteiger partial charge >= 0.3 is 0 Å². The predicted molar refractivity (Wildman–Crippen MR) is 80.6 cm³/mol. The smallest absolute Gasteiger partial charge is 0.209 e. The number of nitrogens with one attached hydrogen (secondary N) is 1. The molecule has 1 heterocycles. The molecular formula is C11H23N5O2S2. The average molecular weight is 321 g/mol. The zero-order valence-corrected chi connectivity index (χ0v) is 14.1. The summed E-state index contributed by atoms with van der Waals surface area (Å²) >= 11 is 1.49. The number of aromatic nitrogens is 4. The molecule has 1 aromatic rings.